The van der Waals surface area contributed by atoms with Crippen LogP contribution in [0.2, 0.25) is 5.02 Å². The van der Waals surface area contributed by atoms with E-state index >= 15 is 0 Å². The van der Waals surface area contributed by atoms with Crippen LogP contribution in [0.4, 0.5) is 0 Å². The Morgan fingerprint density at radius 3 is 2.19 bits per heavy atom. The summed E-state index contributed by atoms with van der Waals surface area (Å²) in [6.45, 7) is 0.978. The fourth-order valence-electron chi connectivity index (χ4n) is 4.75. The number of nitrogens with zero attached hydrogens (tertiary/aromatic N) is 4. The lowest BCUT2D eigenvalue weighted by Gasteiger charge is -2.32. The summed E-state index contributed by atoms with van der Waals surface area (Å²) in [5.74, 6) is -0.651. The second-order valence-corrected chi connectivity index (χ2v) is 9.57. The van der Waals surface area contributed by atoms with Crippen LogP contribution >= 0.6 is 11.6 Å². The first-order chi connectivity index (χ1) is 17.8. The fraction of sp³-hybridized carbons (Fsp3) is 0.214. The Morgan fingerprint density at radius 1 is 0.973 bits per heavy atom. The minimum Gasteiger partial charge on any atom is -0.369 e. The van der Waals surface area contributed by atoms with E-state index in [0.717, 1.165) is 0 Å². The highest BCUT2D eigenvalue weighted by molar-refractivity contribution is 6.33. The van der Waals surface area contributed by atoms with Crippen LogP contribution in [0.25, 0.3) is 0 Å². The number of hydrogen-bond donors (Lipinski definition) is 1. The molecule has 0 bridgehead atoms. The lowest BCUT2D eigenvalue weighted by Crippen LogP contribution is -2.50. The van der Waals surface area contributed by atoms with Gasteiger partial charge in [-0.05, 0) is 28.8 Å². The zero-order valence-corrected chi connectivity index (χ0v) is 21.1. The molecule has 8 nitrogen and oxygen atoms in total. The highest BCUT2D eigenvalue weighted by atomic mass is 35.5. The summed E-state index contributed by atoms with van der Waals surface area (Å²) in [7, 11) is 1.71. The Bertz CT molecular complexity index is 1350. The number of likely N-dealkylation sites (N-methyl/N-ethyl adjacent to an activating group) is 1. The number of carbonyl (C=O) groups excluding carboxylic acids is 3. The largest absolute Gasteiger partial charge is 0.369 e. The van der Waals surface area contributed by atoms with Crippen LogP contribution in [0.15, 0.2) is 83.9 Å². The molecule has 5 rings (SSSR count). The van der Waals surface area contributed by atoms with Gasteiger partial charge in [-0.25, -0.2) is 4.99 Å². The van der Waals surface area contributed by atoms with E-state index in [2.05, 4.69) is 0 Å². The maximum Gasteiger partial charge on any atom is 0.266 e. The third-order valence-corrected chi connectivity index (χ3v) is 7.17. The molecule has 1 saturated heterocycles. The fourth-order valence-corrected chi connectivity index (χ4v) is 4.95. The van der Waals surface area contributed by atoms with Crippen molar-refractivity contribution < 1.29 is 14.4 Å². The van der Waals surface area contributed by atoms with Gasteiger partial charge in [0.25, 0.3) is 11.8 Å². The maximum absolute atomic E-state index is 14.0. The molecule has 0 atom stereocenters. The molecule has 0 unspecified atom stereocenters. The first-order valence-corrected chi connectivity index (χ1v) is 12.3. The summed E-state index contributed by atoms with van der Waals surface area (Å²) in [5, 5.41) is 0.275. The maximum atomic E-state index is 14.0. The molecule has 3 aromatic rings. The number of guanidine groups is 1. The molecular formula is C28H26ClN5O3. The van der Waals surface area contributed by atoms with Crippen LogP contribution < -0.4 is 5.73 Å². The number of halogens is 1. The Labute approximate surface area is 219 Å². The average molecular weight is 516 g/mol. The van der Waals surface area contributed by atoms with Crippen LogP contribution in [0.5, 0.6) is 0 Å². The predicted octanol–water partition coefficient (Wildman–Crippen LogP) is 2.85. The van der Waals surface area contributed by atoms with E-state index in [-0.39, 0.29) is 47.4 Å². The van der Waals surface area contributed by atoms with Gasteiger partial charge in [-0.3, -0.25) is 19.3 Å². The Morgan fingerprint density at radius 2 is 1.59 bits per heavy atom. The summed E-state index contributed by atoms with van der Waals surface area (Å²) in [5.41, 5.74) is 7.41. The number of amides is 3. The third kappa shape index (κ3) is 4.34. The molecule has 2 aliphatic rings. The number of aliphatic imine (C=N–C) groups is 1. The SMILES string of the molecule is CN1CCN(C(=O)c2cc(CN3C(=O)C(c4ccccc4)(c4ccccc4)N=C3N)ccc2Cl)CC1=O. The molecule has 37 heavy (non-hydrogen) atoms. The van der Waals surface area contributed by atoms with Gasteiger partial charge < -0.3 is 15.5 Å². The van der Waals surface area contributed by atoms with Crippen molar-refractivity contribution in [3.8, 4) is 0 Å². The molecule has 0 saturated carbocycles. The third-order valence-electron chi connectivity index (χ3n) is 6.84. The smallest absolute Gasteiger partial charge is 0.266 e. The molecule has 188 valence electrons. The lowest BCUT2D eigenvalue weighted by molar-refractivity contribution is -0.133. The summed E-state index contributed by atoms with van der Waals surface area (Å²) in [6, 6.07) is 23.7. The minimum atomic E-state index is -1.31. The highest BCUT2D eigenvalue weighted by Crippen LogP contribution is 2.40. The van der Waals surface area contributed by atoms with Crippen molar-refractivity contribution in [2.45, 2.75) is 12.1 Å². The lowest BCUT2D eigenvalue weighted by atomic mass is 9.83. The minimum absolute atomic E-state index is 0.00320. The van der Waals surface area contributed by atoms with Crippen molar-refractivity contribution in [2.75, 3.05) is 26.7 Å². The van der Waals surface area contributed by atoms with Gasteiger partial charge in [0, 0.05) is 20.1 Å². The zero-order chi connectivity index (χ0) is 26.2. The first kappa shape index (κ1) is 24.5. The molecule has 1 fully saturated rings. The molecule has 0 spiro atoms. The van der Waals surface area contributed by atoms with Crippen molar-refractivity contribution in [3.63, 3.8) is 0 Å². The van der Waals surface area contributed by atoms with Gasteiger partial charge in [0.2, 0.25) is 5.91 Å². The summed E-state index contributed by atoms with van der Waals surface area (Å²) in [6.07, 6.45) is 0. The molecule has 3 amide bonds. The molecule has 3 aromatic carbocycles. The van der Waals surface area contributed by atoms with Crippen molar-refractivity contribution in [2.24, 2.45) is 10.7 Å². The molecule has 9 heteroatoms. The second kappa shape index (κ2) is 9.71. The van der Waals surface area contributed by atoms with Gasteiger partial charge in [-0.1, -0.05) is 78.3 Å². The van der Waals surface area contributed by atoms with Crippen LogP contribution in [0.3, 0.4) is 0 Å². The monoisotopic (exact) mass is 515 g/mol. The van der Waals surface area contributed by atoms with E-state index in [4.69, 9.17) is 22.3 Å². The first-order valence-electron chi connectivity index (χ1n) is 11.9. The second-order valence-electron chi connectivity index (χ2n) is 9.16. The van der Waals surface area contributed by atoms with E-state index in [1.807, 2.05) is 60.7 Å². The molecule has 0 radical (unpaired) electrons. The van der Waals surface area contributed by atoms with Gasteiger partial charge >= 0.3 is 0 Å². The van der Waals surface area contributed by atoms with E-state index < -0.39 is 5.54 Å². The van der Waals surface area contributed by atoms with Gasteiger partial charge in [0.15, 0.2) is 11.5 Å². The number of rotatable bonds is 5. The van der Waals surface area contributed by atoms with Crippen molar-refractivity contribution in [1.29, 1.82) is 0 Å². The van der Waals surface area contributed by atoms with E-state index in [1.54, 1.807) is 30.1 Å². The molecule has 0 aliphatic carbocycles. The Kier molecular flexibility index (Phi) is 6.43. The zero-order valence-electron chi connectivity index (χ0n) is 20.3. The van der Waals surface area contributed by atoms with Gasteiger partial charge in [0.1, 0.15) is 6.54 Å². The highest BCUT2D eigenvalue weighted by Gasteiger charge is 2.50. The predicted molar refractivity (Wildman–Crippen MR) is 141 cm³/mol. The van der Waals surface area contributed by atoms with Gasteiger partial charge in [0.05, 0.1) is 17.1 Å². The number of benzene rings is 3. The molecule has 0 aromatic heterocycles. The van der Waals surface area contributed by atoms with Crippen LogP contribution in [0.1, 0.15) is 27.0 Å². The number of carbonyl (C=O) groups is 3. The quantitative estimate of drug-likeness (QED) is 0.564. The van der Waals surface area contributed by atoms with Crippen molar-refractivity contribution in [1.82, 2.24) is 14.7 Å². The normalized spacial score (nSPS) is 17.2. The molecular weight excluding hydrogens is 490 g/mol. The Balaban J connectivity index is 1.46. The van der Waals surface area contributed by atoms with E-state index in [9.17, 15) is 14.4 Å². The van der Waals surface area contributed by atoms with Crippen LogP contribution in [-0.4, -0.2) is 65.1 Å². The van der Waals surface area contributed by atoms with Crippen LogP contribution in [0, 0.1) is 0 Å². The van der Waals surface area contributed by atoms with Crippen LogP contribution in [-0.2, 0) is 21.7 Å². The standard InChI is InChI=1S/C28H26ClN5O3/c1-32-14-15-33(18-24(32)35)25(36)22-16-19(12-13-23(22)29)17-34-26(37)28(31-27(34)30,20-8-4-2-5-9-20)21-10-6-3-7-11-21/h2-13,16H,14-15,17-18H2,1H3,(H2,30,31). The van der Waals surface area contributed by atoms with Gasteiger partial charge in [-0.15, -0.1) is 0 Å². The number of hydrogen-bond acceptors (Lipinski definition) is 5. The van der Waals surface area contributed by atoms with Crippen molar-refractivity contribution in [3.05, 3.63) is 106 Å². The van der Waals surface area contributed by atoms with Gasteiger partial charge in [-0.2, -0.15) is 0 Å². The van der Waals surface area contributed by atoms with E-state index in [1.165, 1.54) is 9.80 Å². The summed E-state index contributed by atoms with van der Waals surface area (Å²) < 4.78 is 0. The molecule has 2 heterocycles. The Hall–Kier alpha value is -4.17. The topological polar surface area (TPSA) is 99.3 Å². The summed E-state index contributed by atoms with van der Waals surface area (Å²) in [4.78, 5) is 48.6. The number of nitrogens with two attached hydrogens (primary N) is 1. The number of piperazine rings is 1. The van der Waals surface area contributed by atoms with Crippen molar-refractivity contribution >= 4 is 35.3 Å². The molecule has 2 aliphatic heterocycles. The summed E-state index contributed by atoms with van der Waals surface area (Å²) >= 11 is 6.38. The molecule has 2 N–H and O–H groups in total. The average Bonchev–Trinajstić information content (AvgIpc) is 3.17. The van der Waals surface area contributed by atoms with E-state index in [0.29, 0.717) is 29.8 Å².